The van der Waals surface area contributed by atoms with E-state index in [0.717, 1.165) is 12.8 Å². The van der Waals surface area contributed by atoms with Gasteiger partial charge in [0.2, 0.25) is 0 Å². The number of carboxylic acid groups (broad SMARTS) is 1. The van der Waals surface area contributed by atoms with Crippen LogP contribution in [0.25, 0.3) is 11.1 Å². The Balaban J connectivity index is 2.08. The van der Waals surface area contributed by atoms with Crippen LogP contribution in [0.3, 0.4) is 0 Å². The molecule has 2 aromatic heterocycles. The van der Waals surface area contributed by atoms with Gasteiger partial charge in [0.05, 0.1) is 16.6 Å². The predicted molar refractivity (Wildman–Crippen MR) is 77.6 cm³/mol. The van der Waals surface area contributed by atoms with Gasteiger partial charge in [0, 0.05) is 12.2 Å². The van der Waals surface area contributed by atoms with E-state index < -0.39 is 12.0 Å². The zero-order chi connectivity index (χ0) is 15.9. The van der Waals surface area contributed by atoms with E-state index in [1.165, 1.54) is 4.90 Å². The van der Waals surface area contributed by atoms with Crippen molar-refractivity contribution in [1.82, 2.24) is 15.0 Å². The first-order valence-electron chi connectivity index (χ1n) is 7.26. The van der Waals surface area contributed by atoms with Crippen LogP contribution < -0.4 is 0 Å². The van der Waals surface area contributed by atoms with Crippen LogP contribution in [0.5, 0.6) is 0 Å². The number of rotatable bonds is 2. The number of hydrogen-bond acceptors (Lipinski definition) is 5. The largest absolute Gasteiger partial charge is 0.480 e. The van der Waals surface area contributed by atoms with Gasteiger partial charge in [0.15, 0.2) is 0 Å². The van der Waals surface area contributed by atoms with Crippen LogP contribution >= 0.6 is 0 Å². The van der Waals surface area contributed by atoms with E-state index in [0.29, 0.717) is 41.0 Å². The number of amides is 1. The normalized spacial score (nSPS) is 18.6. The maximum Gasteiger partial charge on any atom is 0.326 e. The van der Waals surface area contributed by atoms with Gasteiger partial charge >= 0.3 is 5.97 Å². The van der Waals surface area contributed by atoms with E-state index in [1.54, 1.807) is 19.9 Å². The maximum atomic E-state index is 12.9. The van der Waals surface area contributed by atoms with Crippen molar-refractivity contribution in [3.8, 4) is 0 Å². The van der Waals surface area contributed by atoms with Crippen molar-refractivity contribution in [3.63, 3.8) is 0 Å². The summed E-state index contributed by atoms with van der Waals surface area (Å²) in [6, 6.07) is 0.896. The summed E-state index contributed by atoms with van der Waals surface area (Å²) in [5.74, 6) is -1.26. The van der Waals surface area contributed by atoms with E-state index in [9.17, 15) is 14.7 Å². The Morgan fingerprint density at radius 3 is 2.86 bits per heavy atom. The Hall–Kier alpha value is -2.44. The van der Waals surface area contributed by atoms with E-state index in [2.05, 4.69) is 10.1 Å². The summed E-state index contributed by atoms with van der Waals surface area (Å²) in [6.45, 7) is 3.95. The fraction of sp³-hybridized carbons (Fsp3) is 0.467. The monoisotopic (exact) mass is 303 g/mol. The molecular weight excluding hydrogens is 286 g/mol. The second-order valence-electron chi connectivity index (χ2n) is 5.61. The van der Waals surface area contributed by atoms with Gasteiger partial charge in [-0.1, -0.05) is 5.16 Å². The molecule has 1 amide bonds. The number of aliphatic carboxylic acids is 1. The molecule has 3 heterocycles. The molecule has 1 aliphatic heterocycles. The molecule has 7 heteroatoms. The number of aromatic nitrogens is 2. The minimum Gasteiger partial charge on any atom is -0.480 e. The Labute approximate surface area is 126 Å². The van der Waals surface area contributed by atoms with Crippen LogP contribution in [0.15, 0.2) is 10.6 Å². The Kier molecular flexibility index (Phi) is 3.56. The topological polar surface area (TPSA) is 96.5 Å². The molecule has 0 aromatic carbocycles. The first-order chi connectivity index (χ1) is 10.5. The second kappa shape index (κ2) is 5.40. The smallest absolute Gasteiger partial charge is 0.326 e. The molecule has 0 radical (unpaired) electrons. The molecule has 1 saturated heterocycles. The fourth-order valence-corrected chi connectivity index (χ4v) is 2.97. The molecule has 0 bridgehead atoms. The fourth-order valence-electron chi connectivity index (χ4n) is 2.97. The van der Waals surface area contributed by atoms with Crippen LogP contribution in [-0.2, 0) is 4.79 Å². The minimum absolute atomic E-state index is 0.297. The number of carboxylic acids is 1. The number of pyridine rings is 1. The quantitative estimate of drug-likeness (QED) is 0.910. The van der Waals surface area contributed by atoms with E-state index >= 15 is 0 Å². The predicted octanol–water partition coefficient (Wildman–Crippen LogP) is 1.92. The average Bonchev–Trinajstić information content (AvgIpc) is 2.86. The molecule has 1 atom stereocenters. The lowest BCUT2D eigenvalue weighted by Crippen LogP contribution is -2.48. The molecule has 22 heavy (non-hydrogen) atoms. The number of carbonyl (C=O) groups excluding carboxylic acids is 1. The van der Waals surface area contributed by atoms with Gasteiger partial charge in [0.1, 0.15) is 6.04 Å². The van der Waals surface area contributed by atoms with Gasteiger partial charge in [-0.25, -0.2) is 9.78 Å². The van der Waals surface area contributed by atoms with Crippen LogP contribution in [0.2, 0.25) is 0 Å². The molecule has 7 nitrogen and oxygen atoms in total. The highest BCUT2D eigenvalue weighted by Gasteiger charge is 2.33. The van der Waals surface area contributed by atoms with Gasteiger partial charge in [-0.2, -0.15) is 0 Å². The van der Waals surface area contributed by atoms with Gasteiger partial charge in [-0.3, -0.25) is 4.79 Å². The molecule has 3 rings (SSSR count). The zero-order valence-corrected chi connectivity index (χ0v) is 12.5. The lowest BCUT2D eigenvalue weighted by atomic mass is 10.00. The SMILES string of the molecule is Cc1cc(C(=O)N2CCCCC2C(=O)O)c2c(C)noc2n1. The molecule has 1 aliphatic rings. The Morgan fingerprint density at radius 1 is 1.36 bits per heavy atom. The third-order valence-electron chi connectivity index (χ3n) is 4.02. The van der Waals surface area contributed by atoms with E-state index in [1.807, 2.05) is 0 Å². The molecule has 1 N–H and O–H groups in total. The summed E-state index contributed by atoms with van der Waals surface area (Å²) in [5.41, 5.74) is 1.93. The number of nitrogens with zero attached hydrogens (tertiary/aromatic N) is 3. The molecule has 2 aromatic rings. The summed E-state index contributed by atoms with van der Waals surface area (Å²) in [5, 5.41) is 13.8. The zero-order valence-electron chi connectivity index (χ0n) is 12.5. The van der Waals surface area contributed by atoms with Crippen LogP contribution in [0.4, 0.5) is 0 Å². The number of hydrogen-bond donors (Lipinski definition) is 1. The Bertz CT molecular complexity index is 753. The standard InChI is InChI=1S/C15H17N3O4/c1-8-7-10(12-9(2)17-22-13(12)16-8)14(19)18-6-4-3-5-11(18)15(20)21/h7,11H,3-6H2,1-2H3,(H,20,21). The second-order valence-corrected chi connectivity index (χ2v) is 5.61. The summed E-state index contributed by atoms with van der Waals surface area (Å²) < 4.78 is 5.13. The number of likely N-dealkylation sites (tertiary alicyclic amines) is 1. The third-order valence-corrected chi connectivity index (χ3v) is 4.02. The maximum absolute atomic E-state index is 12.9. The van der Waals surface area contributed by atoms with E-state index in [4.69, 9.17) is 4.52 Å². The van der Waals surface area contributed by atoms with Crippen molar-refractivity contribution in [1.29, 1.82) is 0 Å². The van der Waals surface area contributed by atoms with Crippen molar-refractivity contribution in [2.24, 2.45) is 0 Å². The first-order valence-corrected chi connectivity index (χ1v) is 7.26. The van der Waals surface area contributed by atoms with Gasteiger partial charge in [-0.05, 0) is 39.2 Å². The molecular formula is C15H17N3O4. The minimum atomic E-state index is -0.961. The number of piperidine rings is 1. The summed E-state index contributed by atoms with van der Waals surface area (Å²) in [7, 11) is 0. The van der Waals surface area contributed by atoms with Crippen molar-refractivity contribution in [2.45, 2.75) is 39.2 Å². The molecule has 1 unspecified atom stereocenters. The highest BCUT2D eigenvalue weighted by atomic mass is 16.5. The van der Waals surface area contributed by atoms with Crippen molar-refractivity contribution < 1.29 is 19.2 Å². The lowest BCUT2D eigenvalue weighted by molar-refractivity contribution is -0.143. The van der Waals surface area contributed by atoms with E-state index in [-0.39, 0.29) is 5.91 Å². The molecule has 116 valence electrons. The lowest BCUT2D eigenvalue weighted by Gasteiger charge is -2.33. The van der Waals surface area contributed by atoms with Crippen molar-refractivity contribution in [3.05, 3.63) is 23.0 Å². The summed E-state index contributed by atoms with van der Waals surface area (Å²) in [6.07, 6.45) is 2.11. The van der Waals surface area contributed by atoms with Gasteiger partial charge in [0.25, 0.3) is 11.6 Å². The number of aryl methyl sites for hydroxylation is 2. The number of fused-ring (bicyclic) bond motifs is 1. The summed E-state index contributed by atoms with van der Waals surface area (Å²) >= 11 is 0. The Morgan fingerprint density at radius 2 is 2.14 bits per heavy atom. The van der Waals surface area contributed by atoms with Gasteiger partial charge in [-0.15, -0.1) is 0 Å². The number of carbonyl (C=O) groups is 2. The molecule has 1 fully saturated rings. The highest BCUT2D eigenvalue weighted by Crippen LogP contribution is 2.26. The van der Waals surface area contributed by atoms with Crippen LogP contribution in [0.1, 0.15) is 41.0 Å². The first kappa shape index (κ1) is 14.5. The van der Waals surface area contributed by atoms with Gasteiger partial charge < -0.3 is 14.5 Å². The average molecular weight is 303 g/mol. The van der Waals surface area contributed by atoms with Crippen molar-refractivity contribution >= 4 is 23.0 Å². The van der Waals surface area contributed by atoms with Crippen LogP contribution in [-0.4, -0.2) is 44.6 Å². The van der Waals surface area contributed by atoms with Crippen LogP contribution in [0, 0.1) is 13.8 Å². The molecule has 0 spiro atoms. The highest BCUT2D eigenvalue weighted by molar-refractivity contribution is 6.07. The third kappa shape index (κ3) is 2.32. The molecule has 0 saturated carbocycles. The van der Waals surface area contributed by atoms with Crippen molar-refractivity contribution in [2.75, 3.05) is 6.54 Å². The summed E-state index contributed by atoms with van der Waals surface area (Å²) in [4.78, 5) is 30.0. The molecule has 0 aliphatic carbocycles.